The summed E-state index contributed by atoms with van der Waals surface area (Å²) in [7, 11) is -3.76. The molecule has 0 bridgehead atoms. The first-order valence-corrected chi connectivity index (χ1v) is 13.1. The van der Waals surface area contributed by atoms with E-state index in [0.717, 1.165) is 12.8 Å². The van der Waals surface area contributed by atoms with Gasteiger partial charge in [0.05, 0.1) is 29.1 Å². The monoisotopic (exact) mass is 475 g/mol. The molecule has 9 heteroatoms. The quantitative estimate of drug-likeness (QED) is 0.450. The van der Waals surface area contributed by atoms with E-state index in [2.05, 4.69) is 4.98 Å². The Bertz CT molecular complexity index is 1180. The molecule has 170 valence electrons. The van der Waals surface area contributed by atoms with E-state index in [1.807, 2.05) is 31.4 Å². The zero-order valence-electron chi connectivity index (χ0n) is 18.1. The van der Waals surface area contributed by atoms with E-state index in [1.54, 1.807) is 15.7 Å². The number of nitrogens with zero attached hydrogens (tertiary/aromatic N) is 3. The van der Waals surface area contributed by atoms with Crippen LogP contribution in [0.3, 0.4) is 0 Å². The van der Waals surface area contributed by atoms with Crippen molar-refractivity contribution in [3.05, 3.63) is 69.9 Å². The molecule has 2 heterocycles. The summed E-state index contributed by atoms with van der Waals surface area (Å²) in [6.07, 6.45) is 3.77. The molecule has 1 fully saturated rings. The lowest BCUT2D eigenvalue weighted by Crippen LogP contribution is -2.33. The molecule has 1 aliphatic carbocycles. The number of halogens is 1. The smallest absolute Gasteiger partial charge is 0.264 e. The van der Waals surface area contributed by atoms with Crippen LogP contribution >= 0.6 is 11.3 Å². The molecule has 1 aliphatic rings. The SMILES string of the molecule is CC(C)n1c(CN(CC2CC2)C(=O)c2cccs2)cnc1S(=O)(=O)Cc1ccc(F)cc1. The Kier molecular flexibility index (Phi) is 6.48. The molecular weight excluding hydrogens is 449 g/mol. The molecule has 32 heavy (non-hydrogen) atoms. The first-order valence-electron chi connectivity index (χ1n) is 10.6. The fourth-order valence-corrected chi connectivity index (χ4v) is 6.02. The molecule has 4 rings (SSSR count). The molecule has 0 atom stereocenters. The number of aromatic nitrogens is 2. The normalized spacial score (nSPS) is 14.1. The van der Waals surface area contributed by atoms with E-state index in [1.165, 1.54) is 35.6 Å². The maximum absolute atomic E-state index is 13.2. The molecule has 0 saturated heterocycles. The Balaban J connectivity index is 1.63. The minimum absolute atomic E-state index is 0.0261. The van der Waals surface area contributed by atoms with Crippen molar-refractivity contribution >= 4 is 27.1 Å². The number of amides is 1. The molecule has 1 aromatic carbocycles. The van der Waals surface area contributed by atoms with Gasteiger partial charge in [-0.15, -0.1) is 11.3 Å². The zero-order chi connectivity index (χ0) is 22.9. The molecule has 1 amide bonds. The summed E-state index contributed by atoms with van der Waals surface area (Å²) < 4.78 is 41.2. The number of benzene rings is 1. The average Bonchev–Trinajstić information content (AvgIpc) is 3.22. The Hall–Kier alpha value is -2.52. The molecule has 0 N–H and O–H groups in total. The van der Waals surface area contributed by atoms with Crippen molar-refractivity contribution in [3.8, 4) is 0 Å². The van der Waals surface area contributed by atoms with Crippen LogP contribution in [-0.4, -0.2) is 35.3 Å². The first-order chi connectivity index (χ1) is 15.2. The summed E-state index contributed by atoms with van der Waals surface area (Å²) in [6, 6.07) is 8.93. The van der Waals surface area contributed by atoms with Gasteiger partial charge in [-0.2, -0.15) is 0 Å². The summed E-state index contributed by atoms with van der Waals surface area (Å²) in [6.45, 7) is 4.74. The van der Waals surface area contributed by atoms with Crippen LogP contribution in [0, 0.1) is 11.7 Å². The van der Waals surface area contributed by atoms with Gasteiger partial charge in [-0.05, 0) is 61.7 Å². The van der Waals surface area contributed by atoms with E-state index in [0.29, 0.717) is 35.1 Å². The van der Waals surface area contributed by atoms with Gasteiger partial charge in [-0.25, -0.2) is 17.8 Å². The summed E-state index contributed by atoms with van der Waals surface area (Å²) in [5.41, 5.74) is 1.18. The second kappa shape index (κ2) is 9.15. The third-order valence-electron chi connectivity index (χ3n) is 5.45. The molecule has 0 radical (unpaired) electrons. The van der Waals surface area contributed by atoms with Crippen molar-refractivity contribution in [1.82, 2.24) is 14.5 Å². The van der Waals surface area contributed by atoms with Crippen LogP contribution in [0.2, 0.25) is 0 Å². The van der Waals surface area contributed by atoms with E-state index in [9.17, 15) is 17.6 Å². The van der Waals surface area contributed by atoms with E-state index in [-0.39, 0.29) is 22.9 Å². The van der Waals surface area contributed by atoms with Crippen molar-refractivity contribution in [2.24, 2.45) is 5.92 Å². The maximum atomic E-state index is 13.2. The van der Waals surface area contributed by atoms with Crippen molar-refractivity contribution in [3.63, 3.8) is 0 Å². The number of thiophene rings is 1. The predicted molar refractivity (Wildman–Crippen MR) is 122 cm³/mol. The van der Waals surface area contributed by atoms with Gasteiger partial charge in [-0.3, -0.25) is 4.79 Å². The lowest BCUT2D eigenvalue weighted by molar-refractivity contribution is 0.0735. The Morgan fingerprint density at radius 2 is 1.97 bits per heavy atom. The van der Waals surface area contributed by atoms with Gasteiger partial charge in [0, 0.05) is 12.6 Å². The highest BCUT2D eigenvalue weighted by atomic mass is 32.2. The Morgan fingerprint density at radius 1 is 1.25 bits per heavy atom. The van der Waals surface area contributed by atoms with Crippen molar-refractivity contribution in [1.29, 1.82) is 0 Å². The number of hydrogen-bond acceptors (Lipinski definition) is 5. The van der Waals surface area contributed by atoms with Crippen molar-refractivity contribution < 1.29 is 17.6 Å². The van der Waals surface area contributed by atoms with Crippen LogP contribution in [0.4, 0.5) is 4.39 Å². The van der Waals surface area contributed by atoms with Crippen LogP contribution in [0.25, 0.3) is 0 Å². The van der Waals surface area contributed by atoms with Crippen molar-refractivity contribution in [2.75, 3.05) is 6.54 Å². The fourth-order valence-electron chi connectivity index (χ4n) is 3.72. The van der Waals surface area contributed by atoms with Crippen LogP contribution < -0.4 is 0 Å². The summed E-state index contributed by atoms with van der Waals surface area (Å²) in [4.78, 5) is 19.8. The van der Waals surface area contributed by atoms with Crippen LogP contribution in [0.15, 0.2) is 53.1 Å². The molecule has 0 unspecified atom stereocenters. The molecule has 1 saturated carbocycles. The van der Waals surface area contributed by atoms with Gasteiger partial charge in [-0.1, -0.05) is 18.2 Å². The Morgan fingerprint density at radius 3 is 2.56 bits per heavy atom. The summed E-state index contributed by atoms with van der Waals surface area (Å²) in [5, 5.41) is 1.85. The Labute approximate surface area is 191 Å². The standard InChI is InChI=1S/C23H26FN3O3S2/c1-16(2)27-20(14-26(13-17-5-6-17)22(28)21-4-3-11-31-21)12-25-23(27)32(29,30)15-18-7-9-19(24)10-8-18/h3-4,7-12,16-17H,5-6,13-15H2,1-2H3. The second-order valence-corrected chi connectivity index (χ2v) is 11.3. The van der Waals surface area contributed by atoms with Crippen LogP contribution in [0.5, 0.6) is 0 Å². The molecule has 2 aromatic heterocycles. The molecule has 0 aliphatic heterocycles. The van der Waals surface area contributed by atoms with Crippen LogP contribution in [0.1, 0.15) is 53.7 Å². The first kappa shape index (κ1) is 22.7. The minimum Gasteiger partial charge on any atom is -0.332 e. The van der Waals surface area contributed by atoms with E-state index >= 15 is 0 Å². The van der Waals surface area contributed by atoms with Crippen LogP contribution in [-0.2, 0) is 22.1 Å². The molecule has 6 nitrogen and oxygen atoms in total. The van der Waals surface area contributed by atoms with Gasteiger partial charge >= 0.3 is 0 Å². The van der Waals surface area contributed by atoms with E-state index < -0.39 is 15.7 Å². The third kappa shape index (κ3) is 5.10. The number of sulfone groups is 1. The topological polar surface area (TPSA) is 72.3 Å². The maximum Gasteiger partial charge on any atom is 0.264 e. The number of imidazole rings is 1. The predicted octanol–water partition coefficient (Wildman–Crippen LogP) is 4.69. The lowest BCUT2D eigenvalue weighted by Gasteiger charge is -2.24. The number of carbonyl (C=O) groups is 1. The van der Waals surface area contributed by atoms with Gasteiger partial charge in [0.2, 0.25) is 15.0 Å². The molecule has 3 aromatic rings. The third-order valence-corrected chi connectivity index (χ3v) is 7.88. The van der Waals surface area contributed by atoms with Crippen molar-refractivity contribution in [2.45, 2.75) is 50.2 Å². The van der Waals surface area contributed by atoms with Gasteiger partial charge in [0.25, 0.3) is 5.91 Å². The fraction of sp³-hybridized carbons (Fsp3) is 0.391. The van der Waals surface area contributed by atoms with Gasteiger partial charge in [0.15, 0.2) is 0 Å². The van der Waals surface area contributed by atoms with Gasteiger partial charge in [0.1, 0.15) is 5.82 Å². The molecule has 0 spiro atoms. The zero-order valence-corrected chi connectivity index (χ0v) is 19.7. The largest absolute Gasteiger partial charge is 0.332 e. The van der Waals surface area contributed by atoms with E-state index in [4.69, 9.17) is 0 Å². The number of rotatable bonds is 9. The second-order valence-electron chi connectivity index (χ2n) is 8.49. The number of carbonyl (C=O) groups excluding carboxylic acids is 1. The highest BCUT2D eigenvalue weighted by molar-refractivity contribution is 7.90. The van der Waals surface area contributed by atoms with Gasteiger partial charge < -0.3 is 9.47 Å². The summed E-state index contributed by atoms with van der Waals surface area (Å²) in [5.74, 6) is -0.227. The molecular formula is C23H26FN3O3S2. The number of hydrogen-bond donors (Lipinski definition) is 0. The summed E-state index contributed by atoms with van der Waals surface area (Å²) >= 11 is 1.40. The minimum atomic E-state index is -3.76. The average molecular weight is 476 g/mol. The highest BCUT2D eigenvalue weighted by Crippen LogP contribution is 2.31. The lowest BCUT2D eigenvalue weighted by atomic mass is 10.2. The highest BCUT2D eigenvalue weighted by Gasteiger charge is 2.30.